The minimum Gasteiger partial charge on any atom is -0.477 e. The molecule has 1 amide bonds. The van der Waals surface area contributed by atoms with Crippen LogP contribution in [0.15, 0.2) is 0 Å². The first kappa shape index (κ1) is 16.6. The number of aliphatic carboxylic acids is 1. The monoisotopic (exact) mass is 267 g/mol. The number of hydrogen-bond donors (Lipinski definition) is 1. The minimum atomic E-state index is -4.00. The third-order valence-corrected chi connectivity index (χ3v) is 1.93. The lowest BCUT2D eigenvalue weighted by molar-refractivity contribution is -0.167. The number of rotatable bonds is 4. The molecular weight excluding hydrogens is 248 g/mol. The molecule has 0 spiro atoms. The number of alkyl halides is 2. The SMILES string of the molecule is CC(C)N(CC(F)(F)C(=O)O)C(=O)OC(C)(C)C. The number of amides is 1. The van der Waals surface area contributed by atoms with Crippen molar-refractivity contribution in [1.29, 1.82) is 0 Å². The van der Waals surface area contributed by atoms with Gasteiger partial charge in [0.15, 0.2) is 0 Å². The third kappa shape index (κ3) is 5.29. The van der Waals surface area contributed by atoms with Gasteiger partial charge in [-0.05, 0) is 34.6 Å². The van der Waals surface area contributed by atoms with E-state index in [1.807, 2.05) is 0 Å². The zero-order valence-corrected chi connectivity index (χ0v) is 11.2. The molecule has 7 heteroatoms. The van der Waals surface area contributed by atoms with Crippen LogP contribution < -0.4 is 0 Å². The van der Waals surface area contributed by atoms with Gasteiger partial charge in [-0.2, -0.15) is 8.78 Å². The van der Waals surface area contributed by atoms with Gasteiger partial charge in [0.1, 0.15) is 5.60 Å². The van der Waals surface area contributed by atoms with E-state index in [1.54, 1.807) is 20.8 Å². The zero-order valence-electron chi connectivity index (χ0n) is 11.2. The number of halogens is 2. The highest BCUT2D eigenvalue weighted by molar-refractivity contribution is 5.77. The molecule has 0 heterocycles. The summed E-state index contributed by atoms with van der Waals surface area (Å²) in [6, 6.07) is -0.593. The Morgan fingerprint density at radius 1 is 1.28 bits per heavy atom. The van der Waals surface area contributed by atoms with Crippen LogP contribution in [0.3, 0.4) is 0 Å². The van der Waals surface area contributed by atoms with Gasteiger partial charge in [-0.3, -0.25) is 4.90 Å². The molecule has 0 bridgehead atoms. The van der Waals surface area contributed by atoms with E-state index < -0.39 is 36.2 Å². The Hall–Kier alpha value is -1.40. The normalized spacial score (nSPS) is 12.4. The largest absolute Gasteiger partial charge is 0.477 e. The van der Waals surface area contributed by atoms with Crippen molar-refractivity contribution in [3.05, 3.63) is 0 Å². The molecule has 5 nitrogen and oxygen atoms in total. The van der Waals surface area contributed by atoms with Gasteiger partial charge >= 0.3 is 18.0 Å². The number of carbonyl (C=O) groups is 2. The van der Waals surface area contributed by atoms with E-state index in [2.05, 4.69) is 0 Å². The Morgan fingerprint density at radius 3 is 2.00 bits per heavy atom. The van der Waals surface area contributed by atoms with Crippen LogP contribution in [0, 0.1) is 0 Å². The number of carboxylic acid groups (broad SMARTS) is 1. The standard InChI is InChI=1S/C11H19F2NO4/c1-7(2)14(6-11(12,13)8(15)16)9(17)18-10(3,4)5/h7H,6H2,1-5H3,(H,15,16). The number of carboxylic acids is 1. The summed E-state index contributed by atoms with van der Waals surface area (Å²) in [5.41, 5.74) is -0.831. The van der Waals surface area contributed by atoms with Crippen LogP contribution in [0.1, 0.15) is 34.6 Å². The molecule has 0 rings (SSSR count). The quantitative estimate of drug-likeness (QED) is 0.849. The van der Waals surface area contributed by atoms with Crippen molar-refractivity contribution in [1.82, 2.24) is 4.90 Å². The second kappa shape index (κ2) is 5.49. The molecule has 18 heavy (non-hydrogen) atoms. The van der Waals surface area contributed by atoms with Crippen LogP contribution in [0.25, 0.3) is 0 Å². The van der Waals surface area contributed by atoms with Gasteiger partial charge in [-0.25, -0.2) is 9.59 Å². The van der Waals surface area contributed by atoms with E-state index in [0.29, 0.717) is 4.90 Å². The molecule has 0 aliphatic carbocycles. The molecule has 0 aromatic carbocycles. The van der Waals surface area contributed by atoms with Gasteiger partial charge in [0.25, 0.3) is 0 Å². The first-order valence-electron chi connectivity index (χ1n) is 5.47. The summed E-state index contributed by atoms with van der Waals surface area (Å²) in [5, 5.41) is 8.36. The first-order valence-corrected chi connectivity index (χ1v) is 5.47. The predicted octanol–water partition coefficient (Wildman–Crippen LogP) is 2.35. The van der Waals surface area contributed by atoms with Crippen LogP contribution >= 0.6 is 0 Å². The van der Waals surface area contributed by atoms with E-state index >= 15 is 0 Å². The maximum absolute atomic E-state index is 13.1. The Bertz CT molecular complexity index is 323. The minimum absolute atomic E-state index is 0.593. The van der Waals surface area contributed by atoms with Crippen molar-refractivity contribution in [2.24, 2.45) is 0 Å². The third-order valence-electron chi connectivity index (χ3n) is 1.93. The molecule has 0 aromatic rings. The van der Waals surface area contributed by atoms with Crippen molar-refractivity contribution in [2.45, 2.75) is 52.2 Å². The summed E-state index contributed by atoms with van der Waals surface area (Å²) in [7, 11) is 0. The number of ether oxygens (including phenoxy) is 1. The van der Waals surface area contributed by atoms with Crippen LogP contribution in [-0.2, 0) is 9.53 Å². The molecule has 0 saturated heterocycles. The van der Waals surface area contributed by atoms with Crippen molar-refractivity contribution >= 4 is 12.1 Å². The maximum Gasteiger partial charge on any atom is 0.410 e. The molecule has 0 fully saturated rings. The highest BCUT2D eigenvalue weighted by atomic mass is 19.3. The average molecular weight is 267 g/mol. The molecule has 0 radical (unpaired) electrons. The van der Waals surface area contributed by atoms with Gasteiger partial charge in [-0.1, -0.05) is 0 Å². The Kier molecular flexibility index (Phi) is 5.07. The zero-order chi connectivity index (χ0) is 14.7. The molecule has 1 N–H and O–H groups in total. The van der Waals surface area contributed by atoms with E-state index in [-0.39, 0.29) is 0 Å². The Labute approximate surface area is 105 Å². The lowest BCUT2D eigenvalue weighted by Gasteiger charge is -2.31. The summed E-state index contributed by atoms with van der Waals surface area (Å²) < 4.78 is 31.1. The summed E-state index contributed by atoms with van der Waals surface area (Å²) in [4.78, 5) is 22.7. The lowest BCUT2D eigenvalue weighted by atomic mass is 10.2. The van der Waals surface area contributed by atoms with Gasteiger partial charge in [0.05, 0.1) is 6.54 Å². The number of hydrogen-bond acceptors (Lipinski definition) is 3. The van der Waals surface area contributed by atoms with Crippen LogP contribution in [0.2, 0.25) is 0 Å². The smallest absolute Gasteiger partial charge is 0.410 e. The molecule has 0 atom stereocenters. The van der Waals surface area contributed by atoms with E-state index in [0.717, 1.165) is 0 Å². The second-order valence-corrected chi connectivity index (χ2v) is 5.21. The fourth-order valence-electron chi connectivity index (χ4n) is 1.06. The van der Waals surface area contributed by atoms with E-state index in [1.165, 1.54) is 13.8 Å². The highest BCUT2D eigenvalue weighted by Gasteiger charge is 2.43. The van der Waals surface area contributed by atoms with Gasteiger partial charge < -0.3 is 9.84 Å². The van der Waals surface area contributed by atoms with Gasteiger partial charge in [0.2, 0.25) is 0 Å². The van der Waals surface area contributed by atoms with Gasteiger partial charge in [0, 0.05) is 6.04 Å². The van der Waals surface area contributed by atoms with Crippen LogP contribution in [0.4, 0.5) is 13.6 Å². The fraction of sp³-hybridized carbons (Fsp3) is 0.818. The summed E-state index contributed by atoms with van der Waals surface area (Å²) in [6.45, 7) is 6.58. The summed E-state index contributed by atoms with van der Waals surface area (Å²) >= 11 is 0. The molecule has 0 aliphatic rings. The van der Waals surface area contributed by atoms with Crippen molar-refractivity contribution < 1.29 is 28.2 Å². The van der Waals surface area contributed by atoms with Crippen molar-refractivity contribution in [3.8, 4) is 0 Å². The Morgan fingerprint density at radius 2 is 1.72 bits per heavy atom. The summed E-state index contributed by atoms with van der Waals surface area (Å²) in [5.74, 6) is -6.27. The molecule has 0 aromatic heterocycles. The molecule has 106 valence electrons. The van der Waals surface area contributed by atoms with Gasteiger partial charge in [-0.15, -0.1) is 0 Å². The molecule has 0 aliphatic heterocycles. The van der Waals surface area contributed by atoms with E-state index in [4.69, 9.17) is 9.84 Å². The molecular formula is C11H19F2NO4. The first-order chi connectivity index (χ1) is 7.87. The predicted molar refractivity (Wildman–Crippen MR) is 60.7 cm³/mol. The molecule has 0 unspecified atom stereocenters. The number of carbonyl (C=O) groups excluding carboxylic acids is 1. The van der Waals surface area contributed by atoms with Crippen molar-refractivity contribution in [3.63, 3.8) is 0 Å². The van der Waals surface area contributed by atoms with E-state index in [9.17, 15) is 18.4 Å². The summed E-state index contributed by atoms with van der Waals surface area (Å²) in [6.07, 6.45) is -0.960. The number of nitrogens with zero attached hydrogens (tertiary/aromatic N) is 1. The van der Waals surface area contributed by atoms with Crippen molar-refractivity contribution in [2.75, 3.05) is 6.54 Å². The topological polar surface area (TPSA) is 66.8 Å². The average Bonchev–Trinajstić information content (AvgIpc) is 2.10. The Balaban J connectivity index is 4.89. The van der Waals surface area contributed by atoms with Crippen LogP contribution in [0.5, 0.6) is 0 Å². The second-order valence-electron chi connectivity index (χ2n) is 5.21. The highest BCUT2D eigenvalue weighted by Crippen LogP contribution is 2.19. The lowest BCUT2D eigenvalue weighted by Crippen LogP contribution is -2.49. The maximum atomic E-state index is 13.1. The van der Waals surface area contributed by atoms with Crippen LogP contribution in [-0.4, -0.2) is 46.2 Å². The molecule has 0 saturated carbocycles. The fourth-order valence-corrected chi connectivity index (χ4v) is 1.06.